The first-order valence-corrected chi connectivity index (χ1v) is 8.81. The molecule has 0 atom stereocenters. The molecule has 2 aromatic rings. The standard InChI is InChI=1S/C17H20N2O4S/c1-12-7-8-14(11-16(12)24(21,22)18-2)19-17(20)10-13-5-4-6-15(9-13)23-3/h4-9,11,18H,10H2,1-3H3,(H,19,20). The van der Waals surface area contributed by atoms with E-state index < -0.39 is 10.0 Å². The summed E-state index contributed by atoms with van der Waals surface area (Å²) >= 11 is 0. The van der Waals surface area contributed by atoms with E-state index in [2.05, 4.69) is 10.0 Å². The molecule has 0 aliphatic heterocycles. The van der Waals surface area contributed by atoms with Crippen LogP contribution in [-0.2, 0) is 21.2 Å². The predicted molar refractivity (Wildman–Crippen MR) is 92.8 cm³/mol. The Morgan fingerprint density at radius 3 is 2.58 bits per heavy atom. The minimum Gasteiger partial charge on any atom is -0.497 e. The molecule has 1 amide bonds. The fourth-order valence-corrected chi connectivity index (χ4v) is 3.24. The lowest BCUT2D eigenvalue weighted by molar-refractivity contribution is -0.115. The molecule has 0 saturated carbocycles. The van der Waals surface area contributed by atoms with Crippen LogP contribution in [-0.4, -0.2) is 28.5 Å². The maximum absolute atomic E-state index is 12.2. The molecule has 7 heteroatoms. The molecular weight excluding hydrogens is 328 g/mol. The summed E-state index contributed by atoms with van der Waals surface area (Å²) in [4.78, 5) is 12.3. The highest BCUT2D eigenvalue weighted by Gasteiger charge is 2.15. The third kappa shape index (κ3) is 4.33. The summed E-state index contributed by atoms with van der Waals surface area (Å²) in [6, 6.07) is 12.0. The summed E-state index contributed by atoms with van der Waals surface area (Å²) in [6.45, 7) is 1.70. The van der Waals surface area contributed by atoms with Gasteiger partial charge in [-0.15, -0.1) is 0 Å². The number of rotatable bonds is 6. The Morgan fingerprint density at radius 1 is 1.17 bits per heavy atom. The van der Waals surface area contributed by atoms with Gasteiger partial charge in [0.1, 0.15) is 5.75 Å². The number of hydrogen-bond donors (Lipinski definition) is 2. The highest BCUT2D eigenvalue weighted by atomic mass is 32.2. The molecule has 0 unspecified atom stereocenters. The molecule has 2 rings (SSSR count). The van der Waals surface area contributed by atoms with Crippen LogP contribution in [0.1, 0.15) is 11.1 Å². The van der Waals surface area contributed by atoms with Crippen molar-refractivity contribution in [3.8, 4) is 5.75 Å². The average Bonchev–Trinajstić information content (AvgIpc) is 2.56. The molecule has 0 radical (unpaired) electrons. The largest absolute Gasteiger partial charge is 0.497 e. The summed E-state index contributed by atoms with van der Waals surface area (Å²) in [5, 5.41) is 2.72. The molecule has 0 fully saturated rings. The van der Waals surface area contributed by atoms with E-state index in [4.69, 9.17) is 4.74 Å². The molecule has 0 aromatic heterocycles. The average molecular weight is 348 g/mol. The van der Waals surface area contributed by atoms with E-state index >= 15 is 0 Å². The molecule has 128 valence electrons. The number of hydrogen-bond acceptors (Lipinski definition) is 4. The Kier molecular flexibility index (Phi) is 5.58. The number of methoxy groups -OCH3 is 1. The van der Waals surface area contributed by atoms with Gasteiger partial charge in [0.05, 0.1) is 18.4 Å². The summed E-state index contributed by atoms with van der Waals surface area (Å²) in [6.07, 6.45) is 0.166. The van der Waals surface area contributed by atoms with Gasteiger partial charge in [-0.25, -0.2) is 13.1 Å². The van der Waals surface area contributed by atoms with E-state index in [0.29, 0.717) is 17.0 Å². The van der Waals surface area contributed by atoms with Crippen molar-refractivity contribution in [1.29, 1.82) is 0 Å². The van der Waals surface area contributed by atoms with Gasteiger partial charge >= 0.3 is 0 Å². The SMILES string of the molecule is CNS(=O)(=O)c1cc(NC(=O)Cc2cccc(OC)c2)ccc1C. The Balaban J connectivity index is 2.16. The van der Waals surface area contributed by atoms with Crippen LogP contribution in [0.15, 0.2) is 47.4 Å². The van der Waals surface area contributed by atoms with Crippen molar-refractivity contribution in [3.05, 3.63) is 53.6 Å². The second-order valence-corrected chi connectivity index (χ2v) is 7.12. The molecule has 0 aliphatic carbocycles. The second kappa shape index (κ2) is 7.46. The zero-order valence-corrected chi connectivity index (χ0v) is 14.6. The minimum atomic E-state index is -3.57. The second-order valence-electron chi connectivity index (χ2n) is 5.26. The lowest BCUT2D eigenvalue weighted by Crippen LogP contribution is -2.20. The molecule has 0 bridgehead atoms. The number of aryl methyl sites for hydroxylation is 1. The molecule has 0 spiro atoms. The number of nitrogens with one attached hydrogen (secondary N) is 2. The number of carbonyl (C=O) groups is 1. The van der Waals surface area contributed by atoms with Crippen LogP contribution in [0.3, 0.4) is 0 Å². The van der Waals surface area contributed by atoms with Crippen LogP contribution >= 0.6 is 0 Å². The van der Waals surface area contributed by atoms with Crippen LogP contribution in [0.5, 0.6) is 5.75 Å². The highest BCUT2D eigenvalue weighted by Crippen LogP contribution is 2.20. The molecule has 2 aromatic carbocycles. The van der Waals surface area contributed by atoms with Crippen molar-refractivity contribution in [1.82, 2.24) is 4.72 Å². The van der Waals surface area contributed by atoms with Crippen LogP contribution in [0.25, 0.3) is 0 Å². The highest BCUT2D eigenvalue weighted by molar-refractivity contribution is 7.89. The van der Waals surface area contributed by atoms with E-state index in [1.165, 1.54) is 13.1 Å². The van der Waals surface area contributed by atoms with Gasteiger partial charge in [-0.3, -0.25) is 4.79 Å². The van der Waals surface area contributed by atoms with Gasteiger partial charge in [0, 0.05) is 5.69 Å². The first-order valence-electron chi connectivity index (χ1n) is 7.32. The van der Waals surface area contributed by atoms with E-state index in [1.807, 2.05) is 12.1 Å². The first-order chi connectivity index (χ1) is 11.4. The maximum atomic E-state index is 12.2. The molecule has 24 heavy (non-hydrogen) atoms. The molecule has 0 saturated heterocycles. The van der Waals surface area contributed by atoms with E-state index in [9.17, 15) is 13.2 Å². The van der Waals surface area contributed by atoms with Crippen molar-refractivity contribution in [2.45, 2.75) is 18.2 Å². The van der Waals surface area contributed by atoms with Gasteiger partial charge in [0.25, 0.3) is 0 Å². The monoisotopic (exact) mass is 348 g/mol. The Hall–Kier alpha value is -2.38. The van der Waals surface area contributed by atoms with E-state index in [-0.39, 0.29) is 17.2 Å². The number of ether oxygens (including phenoxy) is 1. The topological polar surface area (TPSA) is 84.5 Å². The zero-order chi connectivity index (χ0) is 17.7. The van der Waals surface area contributed by atoms with Crippen molar-refractivity contribution in [2.75, 3.05) is 19.5 Å². The Bertz CT molecular complexity index is 847. The van der Waals surface area contributed by atoms with Gasteiger partial charge in [0.15, 0.2) is 0 Å². The third-order valence-electron chi connectivity index (χ3n) is 3.53. The zero-order valence-electron chi connectivity index (χ0n) is 13.8. The molecule has 6 nitrogen and oxygen atoms in total. The van der Waals surface area contributed by atoms with Crippen LogP contribution in [0.4, 0.5) is 5.69 Å². The summed E-state index contributed by atoms with van der Waals surface area (Å²) in [5.74, 6) is 0.443. The predicted octanol–water partition coefficient (Wildman–Crippen LogP) is 2.09. The first kappa shape index (κ1) is 18.0. The molecule has 2 N–H and O–H groups in total. The normalized spacial score (nSPS) is 11.1. The molecule has 0 heterocycles. The number of anilines is 1. The van der Waals surface area contributed by atoms with Crippen LogP contribution < -0.4 is 14.8 Å². The van der Waals surface area contributed by atoms with Gasteiger partial charge in [-0.1, -0.05) is 18.2 Å². The lowest BCUT2D eigenvalue weighted by Gasteiger charge is -2.11. The third-order valence-corrected chi connectivity index (χ3v) is 5.09. The Labute approximate surface area is 141 Å². The van der Waals surface area contributed by atoms with E-state index in [1.54, 1.807) is 38.3 Å². The van der Waals surface area contributed by atoms with Crippen molar-refractivity contribution in [2.24, 2.45) is 0 Å². The molecule has 0 aliphatic rings. The van der Waals surface area contributed by atoms with Crippen LogP contribution in [0, 0.1) is 6.92 Å². The van der Waals surface area contributed by atoms with Crippen molar-refractivity contribution < 1.29 is 17.9 Å². The molecular formula is C17H20N2O4S. The quantitative estimate of drug-likeness (QED) is 0.837. The number of sulfonamides is 1. The van der Waals surface area contributed by atoms with Gasteiger partial charge < -0.3 is 10.1 Å². The maximum Gasteiger partial charge on any atom is 0.240 e. The van der Waals surface area contributed by atoms with Gasteiger partial charge in [-0.2, -0.15) is 0 Å². The Morgan fingerprint density at radius 2 is 1.92 bits per heavy atom. The van der Waals surface area contributed by atoms with Crippen molar-refractivity contribution >= 4 is 21.6 Å². The van der Waals surface area contributed by atoms with Crippen molar-refractivity contribution in [3.63, 3.8) is 0 Å². The lowest BCUT2D eigenvalue weighted by atomic mass is 10.1. The smallest absolute Gasteiger partial charge is 0.240 e. The fraction of sp³-hybridized carbons (Fsp3) is 0.235. The number of benzene rings is 2. The minimum absolute atomic E-state index is 0.143. The summed E-state index contributed by atoms with van der Waals surface area (Å²) < 4.78 is 31.4. The van der Waals surface area contributed by atoms with Crippen LogP contribution in [0.2, 0.25) is 0 Å². The number of carbonyl (C=O) groups excluding carboxylic acids is 1. The fourth-order valence-electron chi connectivity index (χ4n) is 2.25. The van der Waals surface area contributed by atoms with Gasteiger partial charge in [0.2, 0.25) is 15.9 Å². The van der Waals surface area contributed by atoms with Gasteiger partial charge in [-0.05, 0) is 49.4 Å². The van der Waals surface area contributed by atoms with E-state index in [0.717, 1.165) is 5.56 Å². The number of amides is 1. The summed E-state index contributed by atoms with van der Waals surface area (Å²) in [5.41, 5.74) is 1.85. The summed E-state index contributed by atoms with van der Waals surface area (Å²) in [7, 11) is -0.658.